The first kappa shape index (κ1) is 8.79. The molecule has 1 amide bonds. The van der Waals surface area contributed by atoms with Gasteiger partial charge in [-0.1, -0.05) is 13.0 Å². The number of allylic oxidation sites excluding steroid dienone is 2. The van der Waals surface area contributed by atoms with Crippen molar-refractivity contribution in [2.75, 3.05) is 6.54 Å². The Bertz CT molecular complexity index is 244. The van der Waals surface area contributed by atoms with Gasteiger partial charge in [0, 0.05) is 18.7 Å². The van der Waals surface area contributed by atoms with E-state index in [1.807, 2.05) is 4.90 Å². The van der Waals surface area contributed by atoms with Gasteiger partial charge in [-0.25, -0.2) is 0 Å². The Hall–Kier alpha value is -0.790. The second-order valence-corrected chi connectivity index (χ2v) is 4.25. The van der Waals surface area contributed by atoms with E-state index in [9.17, 15) is 4.79 Å². The lowest BCUT2D eigenvalue weighted by Crippen LogP contribution is -2.25. The van der Waals surface area contributed by atoms with Crippen LogP contribution in [0.5, 0.6) is 0 Å². The van der Waals surface area contributed by atoms with Crippen molar-refractivity contribution in [1.29, 1.82) is 0 Å². The summed E-state index contributed by atoms with van der Waals surface area (Å²) in [5.74, 6) is 0.885. The van der Waals surface area contributed by atoms with Crippen LogP contribution in [0.4, 0.5) is 0 Å². The summed E-state index contributed by atoms with van der Waals surface area (Å²) in [6.07, 6.45) is 7.81. The van der Waals surface area contributed by atoms with E-state index in [0.717, 1.165) is 25.8 Å². The lowest BCUT2D eigenvalue weighted by atomic mass is 10.0. The first-order valence-corrected chi connectivity index (χ1v) is 5.27. The van der Waals surface area contributed by atoms with Crippen LogP contribution < -0.4 is 0 Å². The zero-order valence-corrected chi connectivity index (χ0v) is 8.25. The van der Waals surface area contributed by atoms with Gasteiger partial charge in [0.05, 0.1) is 0 Å². The molecular formula is C11H17NO. The van der Waals surface area contributed by atoms with Crippen molar-refractivity contribution in [3.8, 4) is 0 Å². The normalized spacial score (nSPS) is 29.3. The Morgan fingerprint density at radius 3 is 2.85 bits per heavy atom. The summed E-state index contributed by atoms with van der Waals surface area (Å²) >= 11 is 0. The molecule has 13 heavy (non-hydrogen) atoms. The number of hydrogen-bond donors (Lipinski definition) is 0. The Balaban J connectivity index is 2.07. The maximum atomic E-state index is 11.6. The largest absolute Gasteiger partial charge is 0.316 e. The van der Waals surface area contributed by atoms with E-state index in [-0.39, 0.29) is 0 Å². The second kappa shape index (κ2) is 3.52. The predicted octanol–water partition coefficient (Wildman–Crippen LogP) is 2.31. The molecule has 2 rings (SSSR count). The highest BCUT2D eigenvalue weighted by Gasteiger charge is 2.28. The van der Waals surface area contributed by atoms with Gasteiger partial charge in [-0.15, -0.1) is 0 Å². The average molecular weight is 179 g/mol. The Kier molecular flexibility index (Phi) is 2.38. The Morgan fingerprint density at radius 2 is 2.31 bits per heavy atom. The number of rotatable bonds is 1. The molecule has 0 N–H and O–H groups in total. The third-order valence-electron chi connectivity index (χ3n) is 2.93. The van der Waals surface area contributed by atoms with E-state index >= 15 is 0 Å². The molecule has 2 heteroatoms. The van der Waals surface area contributed by atoms with E-state index in [0.29, 0.717) is 11.8 Å². The van der Waals surface area contributed by atoms with Crippen LogP contribution in [0.3, 0.4) is 0 Å². The summed E-state index contributed by atoms with van der Waals surface area (Å²) in [6, 6.07) is 0. The van der Waals surface area contributed by atoms with Crippen LogP contribution in [0.2, 0.25) is 0 Å². The van der Waals surface area contributed by atoms with E-state index in [2.05, 4.69) is 13.0 Å². The van der Waals surface area contributed by atoms with Crippen LogP contribution in [0.25, 0.3) is 0 Å². The first-order valence-electron chi connectivity index (χ1n) is 5.27. The Morgan fingerprint density at radius 1 is 1.46 bits per heavy atom. The zero-order valence-electron chi connectivity index (χ0n) is 8.25. The molecule has 72 valence electrons. The van der Waals surface area contributed by atoms with Gasteiger partial charge >= 0.3 is 0 Å². The van der Waals surface area contributed by atoms with E-state index in [1.165, 1.54) is 18.5 Å². The van der Waals surface area contributed by atoms with Gasteiger partial charge in [0.2, 0.25) is 5.91 Å². The van der Waals surface area contributed by atoms with Crippen LogP contribution in [0.15, 0.2) is 11.8 Å². The van der Waals surface area contributed by atoms with Gasteiger partial charge in [0.15, 0.2) is 0 Å². The van der Waals surface area contributed by atoms with E-state index in [4.69, 9.17) is 0 Å². The number of carbonyl (C=O) groups excluding carboxylic acids is 1. The van der Waals surface area contributed by atoms with Crippen molar-refractivity contribution < 1.29 is 4.79 Å². The molecule has 0 aromatic heterocycles. The van der Waals surface area contributed by atoms with Crippen LogP contribution in [0.1, 0.15) is 39.0 Å². The highest BCUT2D eigenvalue weighted by molar-refractivity contribution is 5.80. The highest BCUT2D eigenvalue weighted by atomic mass is 16.2. The van der Waals surface area contributed by atoms with Crippen LogP contribution >= 0.6 is 0 Å². The van der Waals surface area contributed by atoms with Crippen molar-refractivity contribution in [3.63, 3.8) is 0 Å². The molecule has 1 saturated heterocycles. The molecule has 2 aliphatic rings. The molecule has 2 nitrogen and oxygen atoms in total. The average Bonchev–Trinajstić information content (AvgIpc) is 2.47. The van der Waals surface area contributed by atoms with Crippen molar-refractivity contribution >= 4 is 5.91 Å². The van der Waals surface area contributed by atoms with Gasteiger partial charge in [-0.2, -0.15) is 0 Å². The fourth-order valence-corrected chi connectivity index (χ4v) is 2.23. The molecule has 1 heterocycles. The van der Waals surface area contributed by atoms with Crippen LogP contribution in [-0.2, 0) is 4.79 Å². The molecule has 1 aliphatic carbocycles. The van der Waals surface area contributed by atoms with Gasteiger partial charge < -0.3 is 4.90 Å². The van der Waals surface area contributed by atoms with Crippen molar-refractivity contribution in [2.45, 2.75) is 39.0 Å². The maximum absolute atomic E-state index is 11.6. The summed E-state index contributed by atoms with van der Waals surface area (Å²) in [4.78, 5) is 13.6. The minimum absolute atomic E-state index is 0.334. The molecule has 1 unspecified atom stereocenters. The van der Waals surface area contributed by atoms with Crippen molar-refractivity contribution in [2.24, 2.45) is 5.92 Å². The molecule has 0 bridgehead atoms. The molecule has 0 spiro atoms. The van der Waals surface area contributed by atoms with Crippen LogP contribution in [0, 0.1) is 5.92 Å². The quantitative estimate of drug-likeness (QED) is 0.605. The highest BCUT2D eigenvalue weighted by Crippen LogP contribution is 2.27. The minimum Gasteiger partial charge on any atom is -0.316 e. The summed E-state index contributed by atoms with van der Waals surface area (Å²) in [6.45, 7) is 3.10. The fourth-order valence-electron chi connectivity index (χ4n) is 2.23. The summed E-state index contributed by atoms with van der Waals surface area (Å²) < 4.78 is 0. The molecule has 1 aliphatic heterocycles. The van der Waals surface area contributed by atoms with Gasteiger partial charge in [-0.3, -0.25) is 4.79 Å². The van der Waals surface area contributed by atoms with E-state index in [1.54, 1.807) is 0 Å². The molecule has 1 atom stereocenters. The number of likely N-dealkylation sites (tertiary alicyclic amines) is 1. The maximum Gasteiger partial charge on any atom is 0.227 e. The summed E-state index contributed by atoms with van der Waals surface area (Å²) in [5, 5.41) is 0. The topological polar surface area (TPSA) is 20.3 Å². The summed E-state index contributed by atoms with van der Waals surface area (Å²) in [5.41, 5.74) is 1.29. The van der Waals surface area contributed by atoms with Gasteiger partial charge in [0.1, 0.15) is 0 Å². The Labute approximate surface area is 79.6 Å². The minimum atomic E-state index is 0.334. The number of nitrogens with zero attached hydrogens (tertiary/aromatic N) is 1. The molecule has 0 aromatic carbocycles. The van der Waals surface area contributed by atoms with Gasteiger partial charge in [-0.05, 0) is 31.6 Å². The summed E-state index contributed by atoms with van der Waals surface area (Å²) in [7, 11) is 0. The lowest BCUT2D eigenvalue weighted by molar-refractivity contribution is -0.126. The number of carbonyl (C=O) groups is 1. The first-order chi connectivity index (χ1) is 6.27. The number of hydrogen-bond acceptors (Lipinski definition) is 1. The molecular weight excluding hydrogens is 162 g/mol. The molecule has 0 radical (unpaired) electrons. The number of amides is 1. The smallest absolute Gasteiger partial charge is 0.227 e. The van der Waals surface area contributed by atoms with Crippen LogP contribution in [-0.4, -0.2) is 17.4 Å². The fraction of sp³-hybridized carbons (Fsp3) is 0.727. The van der Waals surface area contributed by atoms with Crippen molar-refractivity contribution in [1.82, 2.24) is 4.90 Å². The third-order valence-corrected chi connectivity index (χ3v) is 2.93. The lowest BCUT2D eigenvalue weighted by Gasteiger charge is -2.22. The zero-order chi connectivity index (χ0) is 9.26. The van der Waals surface area contributed by atoms with Crippen molar-refractivity contribution in [3.05, 3.63) is 11.8 Å². The predicted molar refractivity (Wildman–Crippen MR) is 52.0 cm³/mol. The van der Waals surface area contributed by atoms with E-state index < -0.39 is 0 Å². The second-order valence-electron chi connectivity index (χ2n) is 4.25. The van der Waals surface area contributed by atoms with Gasteiger partial charge in [0.25, 0.3) is 0 Å². The molecule has 0 saturated carbocycles. The molecule has 1 fully saturated rings. The SMILES string of the molecule is CC1CC(=O)N(C2=CCCCC2)C1. The standard InChI is InChI=1S/C11H17NO/c1-9-7-11(13)12(8-9)10-5-3-2-4-6-10/h5,9H,2-4,6-8H2,1H3. The third kappa shape index (κ3) is 1.77. The monoisotopic (exact) mass is 179 g/mol. The molecule has 0 aromatic rings.